The number of fused-ring (bicyclic) bond motifs is 1. The first kappa shape index (κ1) is 25.6. The van der Waals surface area contributed by atoms with Crippen molar-refractivity contribution >= 4 is 16.8 Å². The van der Waals surface area contributed by atoms with Gasteiger partial charge in [-0.05, 0) is 74.5 Å². The third kappa shape index (κ3) is 6.98. The lowest BCUT2D eigenvalue weighted by molar-refractivity contribution is 0.100. The molecule has 0 spiro atoms. The van der Waals surface area contributed by atoms with Gasteiger partial charge in [0.1, 0.15) is 6.61 Å². The largest absolute Gasteiger partial charge is 0.490 e. The summed E-state index contributed by atoms with van der Waals surface area (Å²) in [5.41, 5.74) is 8.21. The Kier molecular flexibility index (Phi) is 9.79. The molecule has 0 aliphatic rings. The summed E-state index contributed by atoms with van der Waals surface area (Å²) in [5, 5.41) is 13.6. The molecule has 2 aromatic carbocycles. The smallest absolute Gasteiger partial charge is 0.250 e. The molecule has 184 valence electrons. The van der Waals surface area contributed by atoms with Crippen LogP contribution in [0, 0.1) is 5.92 Å². The Morgan fingerprint density at radius 3 is 2.62 bits per heavy atom. The maximum atomic E-state index is 12.1. The van der Waals surface area contributed by atoms with Crippen molar-refractivity contribution in [2.75, 3.05) is 32.9 Å². The first-order chi connectivity index (χ1) is 16.5. The topological polar surface area (TPSA) is 98.7 Å². The number of nitrogens with zero attached hydrogens (tertiary/aromatic N) is 1. The molecule has 7 nitrogen and oxygen atoms in total. The van der Waals surface area contributed by atoms with Gasteiger partial charge >= 0.3 is 0 Å². The number of aromatic nitrogens is 1. The van der Waals surface area contributed by atoms with E-state index in [-0.39, 0.29) is 6.61 Å². The van der Waals surface area contributed by atoms with Crippen LogP contribution in [0.3, 0.4) is 0 Å². The van der Waals surface area contributed by atoms with Crippen LogP contribution in [0.1, 0.15) is 42.6 Å². The maximum Gasteiger partial charge on any atom is 0.250 e. The number of carbonyl (C=O) groups excluding carboxylic acids is 1. The van der Waals surface area contributed by atoms with Crippen LogP contribution < -0.4 is 20.5 Å². The van der Waals surface area contributed by atoms with Gasteiger partial charge in [-0.2, -0.15) is 0 Å². The Bertz CT molecular complexity index is 1060. The van der Waals surface area contributed by atoms with Gasteiger partial charge in [0.15, 0.2) is 11.5 Å². The third-order valence-electron chi connectivity index (χ3n) is 5.83. The van der Waals surface area contributed by atoms with E-state index in [9.17, 15) is 4.79 Å². The quantitative estimate of drug-likeness (QED) is 0.296. The van der Waals surface area contributed by atoms with Crippen LogP contribution in [0.25, 0.3) is 10.9 Å². The van der Waals surface area contributed by atoms with E-state index in [4.69, 9.17) is 20.3 Å². The fraction of sp³-hybridized carbons (Fsp3) is 0.444. The molecule has 1 aromatic heterocycles. The van der Waals surface area contributed by atoms with Gasteiger partial charge in [-0.15, -0.1) is 0 Å². The Morgan fingerprint density at radius 2 is 1.91 bits per heavy atom. The van der Waals surface area contributed by atoms with Crippen LogP contribution in [-0.2, 0) is 13.0 Å². The molecular weight excluding hydrogens is 430 g/mol. The van der Waals surface area contributed by atoms with E-state index in [1.807, 2.05) is 54.1 Å². The van der Waals surface area contributed by atoms with E-state index < -0.39 is 5.91 Å². The number of nitrogens with two attached hydrogens (primary N) is 1. The second kappa shape index (κ2) is 13.0. The number of amides is 1. The summed E-state index contributed by atoms with van der Waals surface area (Å²) < 4.78 is 13.4. The second-order valence-corrected chi connectivity index (χ2v) is 8.61. The molecule has 1 unspecified atom stereocenters. The lowest BCUT2D eigenvalue weighted by Crippen LogP contribution is -2.24. The van der Waals surface area contributed by atoms with Gasteiger partial charge in [0.2, 0.25) is 0 Å². The minimum Gasteiger partial charge on any atom is -0.490 e. The van der Waals surface area contributed by atoms with Gasteiger partial charge in [0.25, 0.3) is 5.91 Å². The summed E-state index contributed by atoms with van der Waals surface area (Å²) >= 11 is 0. The van der Waals surface area contributed by atoms with Gasteiger partial charge in [-0.3, -0.25) is 4.79 Å². The van der Waals surface area contributed by atoms with Crippen LogP contribution in [0.2, 0.25) is 0 Å². The number of aryl methyl sites for hydroxylation is 1. The van der Waals surface area contributed by atoms with Gasteiger partial charge in [0.05, 0.1) is 17.7 Å². The Morgan fingerprint density at radius 1 is 1.15 bits per heavy atom. The summed E-state index contributed by atoms with van der Waals surface area (Å²) in [6, 6.07) is 13.8. The van der Waals surface area contributed by atoms with Crippen LogP contribution in [-0.4, -0.2) is 48.5 Å². The molecular formula is C27H37N3O4. The number of aliphatic hydroxyl groups is 1. The average molecular weight is 468 g/mol. The summed E-state index contributed by atoms with van der Waals surface area (Å²) in [5.74, 6) is 1.57. The molecule has 3 rings (SSSR count). The highest BCUT2D eigenvalue weighted by atomic mass is 16.5. The number of para-hydroxylation sites is 2. The maximum absolute atomic E-state index is 12.1. The minimum atomic E-state index is -0.420. The predicted octanol–water partition coefficient (Wildman–Crippen LogP) is 3.76. The zero-order valence-electron chi connectivity index (χ0n) is 20.3. The minimum absolute atomic E-state index is 0.113. The molecule has 7 heteroatoms. The fourth-order valence-electron chi connectivity index (χ4n) is 4.20. The fourth-order valence-corrected chi connectivity index (χ4v) is 4.20. The van der Waals surface area contributed by atoms with E-state index >= 15 is 0 Å². The first-order valence-electron chi connectivity index (χ1n) is 12.1. The van der Waals surface area contributed by atoms with Crippen molar-refractivity contribution in [1.82, 2.24) is 9.88 Å². The number of nitrogens with one attached hydrogen (secondary N) is 1. The van der Waals surface area contributed by atoms with Crippen LogP contribution in [0.4, 0.5) is 0 Å². The van der Waals surface area contributed by atoms with E-state index in [1.54, 1.807) is 0 Å². The molecule has 0 fully saturated rings. The summed E-state index contributed by atoms with van der Waals surface area (Å²) in [6.07, 6.45) is 4.48. The van der Waals surface area contributed by atoms with Crippen molar-refractivity contribution in [2.24, 2.45) is 11.7 Å². The normalized spacial score (nSPS) is 12.1. The highest BCUT2D eigenvalue weighted by molar-refractivity contribution is 6.05. The summed E-state index contributed by atoms with van der Waals surface area (Å²) in [4.78, 5) is 12.1. The Labute approximate surface area is 201 Å². The first-order valence-corrected chi connectivity index (χ1v) is 12.1. The molecule has 0 saturated heterocycles. The number of carbonyl (C=O) groups is 1. The lowest BCUT2D eigenvalue weighted by atomic mass is 9.95. The highest BCUT2D eigenvalue weighted by Gasteiger charge is 2.14. The van der Waals surface area contributed by atoms with Gasteiger partial charge < -0.3 is 30.2 Å². The van der Waals surface area contributed by atoms with Gasteiger partial charge in [0, 0.05) is 31.3 Å². The van der Waals surface area contributed by atoms with Crippen LogP contribution >= 0.6 is 0 Å². The zero-order valence-corrected chi connectivity index (χ0v) is 20.3. The number of primary amides is 1. The average Bonchev–Trinajstić information content (AvgIpc) is 3.23. The molecule has 1 heterocycles. The second-order valence-electron chi connectivity index (χ2n) is 8.61. The molecule has 0 bridgehead atoms. The van der Waals surface area contributed by atoms with Crippen molar-refractivity contribution in [3.8, 4) is 11.5 Å². The van der Waals surface area contributed by atoms with Gasteiger partial charge in [-0.25, -0.2) is 0 Å². The van der Waals surface area contributed by atoms with E-state index in [1.165, 1.54) is 0 Å². The molecule has 0 saturated carbocycles. The number of hydrogen-bond donors (Lipinski definition) is 3. The number of ether oxygens (including phenoxy) is 2. The van der Waals surface area contributed by atoms with Crippen LogP contribution in [0.15, 0.2) is 48.7 Å². The third-order valence-corrected chi connectivity index (χ3v) is 5.83. The van der Waals surface area contributed by atoms with E-state index in [0.29, 0.717) is 37.7 Å². The predicted molar refractivity (Wildman–Crippen MR) is 136 cm³/mol. The molecule has 34 heavy (non-hydrogen) atoms. The molecule has 3 aromatic rings. The standard InChI is InChI=1S/C27H37N3O4/c1-3-33-24-7-4-5-8-25(24)34-16-12-29-11-9-20(2)17-21-18-22-10-14-30(13-6-15-31)26(22)23(19-21)27(28)32/h4-5,7-8,10,14,18-20,29,31H,3,6,9,11-13,15-17H2,1-2H3,(H2,28,32). The number of benzene rings is 2. The van der Waals surface area contributed by atoms with Crippen molar-refractivity contribution in [1.29, 1.82) is 0 Å². The zero-order chi connectivity index (χ0) is 24.3. The number of aliphatic hydroxyl groups excluding tert-OH is 1. The summed E-state index contributed by atoms with van der Waals surface area (Å²) in [7, 11) is 0. The van der Waals surface area contributed by atoms with Crippen molar-refractivity contribution in [3.05, 3.63) is 59.8 Å². The molecule has 1 amide bonds. The number of rotatable bonds is 15. The van der Waals surface area contributed by atoms with Crippen molar-refractivity contribution < 1.29 is 19.4 Å². The summed E-state index contributed by atoms with van der Waals surface area (Å²) in [6.45, 7) is 7.78. The van der Waals surface area contributed by atoms with Gasteiger partial charge in [-0.1, -0.05) is 19.1 Å². The molecule has 1 atom stereocenters. The molecule has 0 radical (unpaired) electrons. The molecule has 4 N–H and O–H groups in total. The molecule has 0 aliphatic heterocycles. The van der Waals surface area contributed by atoms with Crippen LogP contribution in [0.5, 0.6) is 11.5 Å². The highest BCUT2D eigenvalue weighted by Crippen LogP contribution is 2.26. The van der Waals surface area contributed by atoms with E-state index in [2.05, 4.69) is 18.3 Å². The SMILES string of the molecule is CCOc1ccccc1OCCNCCC(C)Cc1cc(C(N)=O)c2c(ccn2CCCO)c1. The Hall–Kier alpha value is -3.03. The molecule has 0 aliphatic carbocycles. The number of hydrogen-bond acceptors (Lipinski definition) is 5. The monoisotopic (exact) mass is 467 g/mol. The lowest BCUT2D eigenvalue weighted by Gasteiger charge is -2.15. The Balaban J connectivity index is 1.48. The van der Waals surface area contributed by atoms with Crippen molar-refractivity contribution in [3.63, 3.8) is 0 Å². The van der Waals surface area contributed by atoms with E-state index in [0.717, 1.165) is 53.9 Å². The van der Waals surface area contributed by atoms with Crippen molar-refractivity contribution in [2.45, 2.75) is 39.7 Å².